The number of carbonyl (C=O) groups is 1. The molecule has 0 unspecified atom stereocenters. The van der Waals surface area contributed by atoms with Gasteiger partial charge in [0, 0.05) is 37.4 Å². The predicted octanol–water partition coefficient (Wildman–Crippen LogP) is 4.29. The Morgan fingerprint density at radius 2 is 1.56 bits per heavy atom. The lowest BCUT2D eigenvalue weighted by atomic mass is 10.1. The molecule has 25 heavy (non-hydrogen) atoms. The fourth-order valence-electron chi connectivity index (χ4n) is 2.41. The molecule has 144 valence electrons. The Morgan fingerprint density at radius 3 is 2.04 bits per heavy atom. The Kier molecular flexibility index (Phi) is 10.9. The van der Waals surface area contributed by atoms with Gasteiger partial charge >= 0.3 is 6.09 Å². The van der Waals surface area contributed by atoms with Crippen LogP contribution in [0.2, 0.25) is 0 Å². The lowest BCUT2D eigenvalue weighted by Gasteiger charge is -2.37. The summed E-state index contributed by atoms with van der Waals surface area (Å²) in [5.74, 6) is 0. The van der Waals surface area contributed by atoms with Crippen LogP contribution in [0.25, 0.3) is 0 Å². The zero-order valence-corrected chi connectivity index (χ0v) is 17.0. The maximum Gasteiger partial charge on any atom is 0.410 e. The topological polar surface area (TPSA) is 53.0 Å². The molecule has 0 aromatic heterocycles. The van der Waals surface area contributed by atoms with Gasteiger partial charge in [-0.1, -0.05) is 45.9 Å². The molecule has 0 radical (unpaired) electrons. The van der Waals surface area contributed by atoms with Crippen molar-refractivity contribution in [2.45, 2.75) is 60.7 Å². The van der Waals surface area contributed by atoms with Gasteiger partial charge in [-0.15, -0.1) is 0 Å². The van der Waals surface area contributed by atoms with E-state index >= 15 is 0 Å². The minimum atomic E-state index is -0.461. The predicted molar refractivity (Wildman–Crippen MR) is 105 cm³/mol. The molecule has 1 N–H and O–H groups in total. The third kappa shape index (κ3) is 7.78. The number of carbonyl (C=O) groups excluding carboxylic acids is 1. The Labute approximate surface area is 153 Å². The van der Waals surface area contributed by atoms with E-state index in [1.165, 1.54) is 0 Å². The fraction of sp³-hybridized carbons (Fsp3) is 0.650. The average Bonchev–Trinajstić information content (AvgIpc) is 2.64. The Hall–Kier alpha value is -1.75. The lowest BCUT2D eigenvalue weighted by molar-refractivity contribution is 0.0240. The van der Waals surface area contributed by atoms with E-state index in [1.807, 2.05) is 72.7 Å². The molecule has 1 amide bonds. The van der Waals surface area contributed by atoms with Gasteiger partial charge in [0.1, 0.15) is 5.60 Å². The summed E-state index contributed by atoms with van der Waals surface area (Å²) in [5.41, 5.74) is 1.50. The molecular weight excluding hydrogens is 316 g/mol. The van der Waals surface area contributed by atoms with Gasteiger partial charge in [-0.3, -0.25) is 0 Å². The van der Waals surface area contributed by atoms with Crippen molar-refractivity contribution in [2.24, 2.45) is 0 Å². The highest BCUT2D eigenvalue weighted by Gasteiger charge is 2.26. The fourth-order valence-corrected chi connectivity index (χ4v) is 2.41. The highest BCUT2D eigenvalue weighted by Crippen LogP contribution is 2.22. The third-order valence-corrected chi connectivity index (χ3v) is 3.43. The molecule has 2 rings (SSSR count). The molecule has 1 aliphatic rings. The van der Waals surface area contributed by atoms with Crippen molar-refractivity contribution in [1.29, 1.82) is 0 Å². The highest BCUT2D eigenvalue weighted by atomic mass is 16.6. The second-order valence-corrected chi connectivity index (χ2v) is 6.24. The minimum absolute atomic E-state index is 0.0302. The van der Waals surface area contributed by atoms with Crippen LogP contribution >= 0.6 is 0 Å². The molecular formula is C20H36N2O3. The lowest BCUT2D eigenvalue weighted by Crippen LogP contribution is -2.50. The maximum atomic E-state index is 12.0. The number of amides is 1. The highest BCUT2D eigenvalue weighted by molar-refractivity contribution is 5.68. The summed E-state index contributed by atoms with van der Waals surface area (Å²) in [6, 6.07) is 7.82. The number of aliphatic hydroxyl groups is 1. The maximum absolute atomic E-state index is 12.0. The van der Waals surface area contributed by atoms with Crippen molar-refractivity contribution in [3.63, 3.8) is 0 Å². The zero-order chi connectivity index (χ0) is 19.5. The van der Waals surface area contributed by atoms with Crippen LogP contribution in [0.5, 0.6) is 0 Å². The second kappa shape index (κ2) is 11.7. The van der Waals surface area contributed by atoms with Crippen molar-refractivity contribution < 1.29 is 14.6 Å². The first-order valence-corrected chi connectivity index (χ1v) is 9.32. The van der Waals surface area contributed by atoms with Gasteiger partial charge in [0.25, 0.3) is 0 Å². The van der Waals surface area contributed by atoms with E-state index in [2.05, 4.69) is 4.90 Å². The van der Waals surface area contributed by atoms with Crippen LogP contribution in [-0.2, 0) is 11.3 Å². The molecule has 0 bridgehead atoms. The van der Waals surface area contributed by atoms with Crippen LogP contribution in [0, 0.1) is 0 Å². The number of para-hydroxylation sites is 1. The number of anilines is 1. The number of rotatable bonds is 2. The Bertz CT molecular complexity index is 490. The van der Waals surface area contributed by atoms with Gasteiger partial charge < -0.3 is 19.6 Å². The van der Waals surface area contributed by atoms with E-state index in [9.17, 15) is 9.90 Å². The van der Waals surface area contributed by atoms with Gasteiger partial charge in [0.05, 0.1) is 6.61 Å². The molecule has 1 fully saturated rings. The standard InChI is InChI=1S/C16H24N2O3.2C2H6/c1-16(2,3)21-15(20)18-10-8-17(9-11-18)14-7-5-4-6-13(14)12-19;2*1-2/h4-7,19H,8-12H2,1-3H3;2*1-2H3. The summed E-state index contributed by atoms with van der Waals surface area (Å²) in [7, 11) is 0. The molecule has 1 heterocycles. The van der Waals surface area contributed by atoms with E-state index in [0.717, 1.165) is 24.3 Å². The van der Waals surface area contributed by atoms with E-state index in [0.29, 0.717) is 13.1 Å². The van der Waals surface area contributed by atoms with Crippen LogP contribution in [0.3, 0.4) is 0 Å². The van der Waals surface area contributed by atoms with E-state index in [4.69, 9.17) is 4.74 Å². The molecule has 0 aliphatic carbocycles. The van der Waals surface area contributed by atoms with Crippen molar-refractivity contribution in [3.8, 4) is 0 Å². The summed E-state index contributed by atoms with van der Waals surface area (Å²) in [6.45, 7) is 16.4. The minimum Gasteiger partial charge on any atom is -0.444 e. The van der Waals surface area contributed by atoms with Crippen LogP contribution in [0.15, 0.2) is 24.3 Å². The summed E-state index contributed by atoms with van der Waals surface area (Å²) in [6.07, 6.45) is -0.252. The number of benzene rings is 1. The molecule has 5 nitrogen and oxygen atoms in total. The Morgan fingerprint density at radius 1 is 1.04 bits per heavy atom. The van der Waals surface area contributed by atoms with E-state index in [-0.39, 0.29) is 12.7 Å². The van der Waals surface area contributed by atoms with Gasteiger partial charge in [-0.25, -0.2) is 4.79 Å². The van der Waals surface area contributed by atoms with E-state index < -0.39 is 5.60 Å². The van der Waals surface area contributed by atoms with Crippen LogP contribution in [-0.4, -0.2) is 47.9 Å². The number of hydrogen-bond acceptors (Lipinski definition) is 4. The first-order chi connectivity index (χ1) is 11.9. The van der Waals surface area contributed by atoms with Crippen molar-refractivity contribution in [1.82, 2.24) is 4.90 Å². The SMILES string of the molecule is CC.CC.CC(C)(C)OC(=O)N1CCN(c2ccccc2CO)CC1. The quantitative estimate of drug-likeness (QED) is 0.863. The van der Waals surface area contributed by atoms with E-state index in [1.54, 1.807) is 4.90 Å². The average molecular weight is 353 g/mol. The largest absolute Gasteiger partial charge is 0.444 e. The molecule has 1 aromatic carbocycles. The normalized spacial score (nSPS) is 13.9. The van der Waals surface area contributed by atoms with Crippen molar-refractivity contribution >= 4 is 11.8 Å². The summed E-state index contributed by atoms with van der Waals surface area (Å²) in [4.78, 5) is 16.0. The van der Waals surface area contributed by atoms with Gasteiger partial charge in [0.2, 0.25) is 0 Å². The molecule has 0 spiro atoms. The number of hydrogen-bond donors (Lipinski definition) is 1. The van der Waals surface area contributed by atoms with Crippen molar-refractivity contribution in [3.05, 3.63) is 29.8 Å². The first kappa shape index (κ1) is 23.2. The number of aliphatic hydroxyl groups excluding tert-OH is 1. The molecule has 0 saturated carbocycles. The number of piperazine rings is 1. The first-order valence-electron chi connectivity index (χ1n) is 9.32. The number of nitrogens with zero attached hydrogens (tertiary/aromatic N) is 2. The third-order valence-electron chi connectivity index (χ3n) is 3.43. The molecule has 1 aliphatic heterocycles. The number of ether oxygens (including phenoxy) is 1. The molecule has 1 saturated heterocycles. The zero-order valence-electron chi connectivity index (χ0n) is 17.0. The molecule has 5 heteroatoms. The molecule has 1 aromatic rings. The van der Waals surface area contributed by atoms with Crippen LogP contribution in [0.1, 0.15) is 54.0 Å². The second-order valence-electron chi connectivity index (χ2n) is 6.24. The smallest absolute Gasteiger partial charge is 0.410 e. The van der Waals surface area contributed by atoms with Crippen LogP contribution in [0.4, 0.5) is 10.5 Å². The summed E-state index contributed by atoms with van der Waals surface area (Å²) in [5, 5.41) is 9.41. The summed E-state index contributed by atoms with van der Waals surface area (Å²) < 4.78 is 5.39. The Balaban J connectivity index is 0.00000134. The molecule has 0 atom stereocenters. The monoisotopic (exact) mass is 352 g/mol. The van der Waals surface area contributed by atoms with Crippen LogP contribution < -0.4 is 4.90 Å². The van der Waals surface area contributed by atoms with Gasteiger partial charge in [0.15, 0.2) is 0 Å². The van der Waals surface area contributed by atoms with Gasteiger partial charge in [-0.05, 0) is 26.8 Å². The summed E-state index contributed by atoms with van der Waals surface area (Å²) >= 11 is 0. The van der Waals surface area contributed by atoms with Crippen molar-refractivity contribution in [2.75, 3.05) is 31.1 Å². The van der Waals surface area contributed by atoms with Gasteiger partial charge in [-0.2, -0.15) is 0 Å².